The summed E-state index contributed by atoms with van der Waals surface area (Å²) in [5.74, 6) is -1.02. The van der Waals surface area contributed by atoms with Crippen LogP contribution in [0.2, 0.25) is 0 Å². The molecule has 1 heterocycles. The highest BCUT2D eigenvalue weighted by Gasteiger charge is 2.11. The quantitative estimate of drug-likeness (QED) is 0.788. The number of rotatable bonds is 3. The molecule has 0 aliphatic rings. The Hall–Kier alpha value is -2.10. The maximum absolute atomic E-state index is 11.2. The summed E-state index contributed by atoms with van der Waals surface area (Å²) in [6, 6.07) is 7.88. The molecule has 0 atom stereocenters. The van der Waals surface area contributed by atoms with Gasteiger partial charge in [-0.25, -0.2) is 0 Å². The molecule has 4 nitrogen and oxygen atoms in total. The van der Waals surface area contributed by atoms with Crippen molar-refractivity contribution in [3.05, 3.63) is 35.5 Å². The van der Waals surface area contributed by atoms with Gasteiger partial charge in [0.1, 0.15) is 0 Å². The van der Waals surface area contributed by atoms with E-state index in [1.165, 1.54) is 6.92 Å². The summed E-state index contributed by atoms with van der Waals surface area (Å²) in [6.45, 7) is 3.58. The molecule has 0 saturated carbocycles. The molecule has 2 N–H and O–H groups in total. The third-order valence-corrected chi connectivity index (χ3v) is 2.77. The fourth-order valence-electron chi connectivity index (χ4n) is 1.86. The smallest absolute Gasteiger partial charge is 0.287 e. The highest BCUT2D eigenvalue weighted by atomic mass is 16.2. The molecule has 0 aliphatic heterocycles. The maximum Gasteiger partial charge on any atom is 0.287 e. The number of H-pyrrole nitrogens is 1. The van der Waals surface area contributed by atoms with Gasteiger partial charge in [0, 0.05) is 30.1 Å². The van der Waals surface area contributed by atoms with Crippen molar-refractivity contribution < 1.29 is 9.59 Å². The lowest BCUT2D eigenvalue weighted by Gasteiger charge is -2.03. The average Bonchev–Trinajstić information content (AvgIpc) is 2.61. The number of amides is 1. The summed E-state index contributed by atoms with van der Waals surface area (Å²) >= 11 is 0. The minimum atomic E-state index is -0.547. The Morgan fingerprint density at radius 3 is 2.71 bits per heavy atom. The van der Waals surface area contributed by atoms with Crippen LogP contribution in [0.4, 0.5) is 0 Å². The highest BCUT2D eigenvalue weighted by Crippen LogP contribution is 2.21. The van der Waals surface area contributed by atoms with Crippen molar-refractivity contribution in [2.75, 3.05) is 0 Å². The van der Waals surface area contributed by atoms with Crippen LogP contribution in [0.5, 0.6) is 0 Å². The lowest BCUT2D eigenvalue weighted by molar-refractivity contribution is -0.136. The van der Waals surface area contributed by atoms with Crippen molar-refractivity contribution in [1.29, 1.82) is 0 Å². The number of Topliss-reactive ketones (excluding diaryl/α,β-unsaturated/α-hetero) is 1. The second kappa shape index (κ2) is 4.41. The number of aromatic amines is 1. The molecule has 0 radical (unpaired) electrons. The lowest BCUT2D eigenvalue weighted by atomic mass is 10.1. The maximum atomic E-state index is 11.2. The van der Waals surface area contributed by atoms with E-state index in [0.717, 1.165) is 22.2 Å². The highest BCUT2D eigenvalue weighted by molar-refractivity contribution is 6.35. The zero-order chi connectivity index (χ0) is 12.4. The molecule has 88 valence electrons. The number of aromatic nitrogens is 1. The molecule has 0 aliphatic carbocycles. The first-order valence-corrected chi connectivity index (χ1v) is 5.44. The number of para-hydroxylation sites is 1. The second-order valence-electron chi connectivity index (χ2n) is 4.01. The third-order valence-electron chi connectivity index (χ3n) is 2.77. The summed E-state index contributed by atoms with van der Waals surface area (Å²) in [7, 11) is 0. The van der Waals surface area contributed by atoms with Crippen LogP contribution in [0, 0.1) is 6.92 Å². The van der Waals surface area contributed by atoms with Gasteiger partial charge in [0.15, 0.2) is 0 Å². The fraction of sp³-hybridized carbons (Fsp3) is 0.231. The van der Waals surface area contributed by atoms with Gasteiger partial charge in [-0.1, -0.05) is 18.2 Å². The number of fused-ring (bicyclic) bond motifs is 1. The van der Waals surface area contributed by atoms with Crippen molar-refractivity contribution in [1.82, 2.24) is 10.3 Å². The molecule has 0 saturated heterocycles. The first-order valence-electron chi connectivity index (χ1n) is 5.44. The van der Waals surface area contributed by atoms with Crippen molar-refractivity contribution in [2.24, 2.45) is 0 Å². The van der Waals surface area contributed by atoms with Crippen LogP contribution in [-0.2, 0) is 16.1 Å². The van der Waals surface area contributed by atoms with Crippen LogP contribution >= 0.6 is 0 Å². The molecule has 2 rings (SSSR count). The van der Waals surface area contributed by atoms with E-state index >= 15 is 0 Å². The van der Waals surface area contributed by atoms with E-state index in [1.54, 1.807) is 0 Å². The molecule has 0 unspecified atom stereocenters. The Morgan fingerprint density at radius 1 is 1.29 bits per heavy atom. The zero-order valence-corrected chi connectivity index (χ0v) is 9.83. The van der Waals surface area contributed by atoms with Crippen molar-refractivity contribution in [3.63, 3.8) is 0 Å². The van der Waals surface area contributed by atoms with Gasteiger partial charge >= 0.3 is 0 Å². The zero-order valence-electron chi connectivity index (χ0n) is 9.83. The number of hydrogen-bond acceptors (Lipinski definition) is 2. The van der Waals surface area contributed by atoms with Gasteiger partial charge in [0.2, 0.25) is 5.78 Å². The number of nitrogens with one attached hydrogen (secondary N) is 2. The fourth-order valence-corrected chi connectivity index (χ4v) is 1.86. The van der Waals surface area contributed by atoms with Gasteiger partial charge in [0.05, 0.1) is 0 Å². The van der Waals surface area contributed by atoms with Crippen molar-refractivity contribution >= 4 is 22.6 Å². The summed E-state index contributed by atoms with van der Waals surface area (Å²) in [4.78, 5) is 25.3. The minimum absolute atomic E-state index is 0.369. The van der Waals surface area contributed by atoms with Crippen LogP contribution in [0.15, 0.2) is 24.3 Å². The second-order valence-corrected chi connectivity index (χ2v) is 4.01. The first kappa shape index (κ1) is 11.4. The predicted octanol–water partition coefficient (Wildman–Crippen LogP) is 1.68. The predicted molar refractivity (Wildman–Crippen MR) is 65.6 cm³/mol. The lowest BCUT2D eigenvalue weighted by Crippen LogP contribution is -2.28. The Morgan fingerprint density at radius 2 is 2.00 bits per heavy atom. The van der Waals surface area contributed by atoms with E-state index in [1.807, 2.05) is 31.2 Å². The summed E-state index contributed by atoms with van der Waals surface area (Å²) in [6.07, 6.45) is 0. The van der Waals surface area contributed by atoms with Crippen LogP contribution < -0.4 is 5.32 Å². The van der Waals surface area contributed by atoms with E-state index in [0.29, 0.717) is 6.54 Å². The molecule has 17 heavy (non-hydrogen) atoms. The largest absolute Gasteiger partial charge is 0.358 e. The summed E-state index contributed by atoms with van der Waals surface area (Å²) < 4.78 is 0. The molecule has 1 amide bonds. The van der Waals surface area contributed by atoms with E-state index in [2.05, 4.69) is 10.3 Å². The van der Waals surface area contributed by atoms with Crippen LogP contribution in [-0.4, -0.2) is 16.7 Å². The third kappa shape index (κ3) is 2.20. The first-order chi connectivity index (χ1) is 8.09. The molecule has 2 aromatic rings. The topological polar surface area (TPSA) is 62.0 Å². The van der Waals surface area contributed by atoms with Gasteiger partial charge < -0.3 is 10.3 Å². The molecule has 4 heteroatoms. The molecular weight excluding hydrogens is 216 g/mol. The number of ketones is 1. The van der Waals surface area contributed by atoms with E-state index in [9.17, 15) is 9.59 Å². The molecule has 1 aromatic carbocycles. The molecular formula is C13H14N2O2. The Bertz CT molecular complexity index is 584. The molecule has 0 spiro atoms. The number of aryl methyl sites for hydroxylation is 1. The average molecular weight is 230 g/mol. The minimum Gasteiger partial charge on any atom is -0.358 e. The normalized spacial score (nSPS) is 10.5. The SMILES string of the molecule is CC(=O)C(=O)NCc1c(C)[nH]c2ccccc12. The van der Waals surface area contributed by atoms with Gasteiger partial charge in [-0.3, -0.25) is 9.59 Å². The van der Waals surface area contributed by atoms with E-state index < -0.39 is 11.7 Å². The Labute approximate surface area is 99.0 Å². The van der Waals surface area contributed by atoms with Gasteiger partial charge in [-0.2, -0.15) is 0 Å². The van der Waals surface area contributed by atoms with Crippen molar-refractivity contribution in [2.45, 2.75) is 20.4 Å². The molecule has 0 bridgehead atoms. The standard InChI is InChI=1S/C13H14N2O2/c1-8-11(7-14-13(17)9(2)16)10-5-3-4-6-12(10)15-8/h3-6,15H,7H2,1-2H3,(H,14,17). The number of carbonyl (C=O) groups excluding carboxylic acids is 2. The van der Waals surface area contributed by atoms with E-state index in [-0.39, 0.29) is 0 Å². The van der Waals surface area contributed by atoms with E-state index in [4.69, 9.17) is 0 Å². The van der Waals surface area contributed by atoms with Crippen LogP contribution in [0.1, 0.15) is 18.2 Å². The molecule has 1 aromatic heterocycles. The van der Waals surface area contributed by atoms with Gasteiger partial charge in [-0.15, -0.1) is 0 Å². The summed E-state index contributed by atoms with van der Waals surface area (Å²) in [5.41, 5.74) is 3.07. The van der Waals surface area contributed by atoms with Crippen LogP contribution in [0.3, 0.4) is 0 Å². The van der Waals surface area contributed by atoms with Crippen molar-refractivity contribution in [3.8, 4) is 0 Å². The van der Waals surface area contributed by atoms with Crippen LogP contribution in [0.25, 0.3) is 10.9 Å². The van der Waals surface area contributed by atoms with Gasteiger partial charge in [0.25, 0.3) is 5.91 Å². The Kier molecular flexibility index (Phi) is 2.95. The number of carbonyl (C=O) groups is 2. The molecule has 0 fully saturated rings. The summed E-state index contributed by atoms with van der Waals surface area (Å²) in [5, 5.41) is 3.69. The monoisotopic (exact) mass is 230 g/mol. The number of benzene rings is 1. The number of hydrogen-bond donors (Lipinski definition) is 2. The van der Waals surface area contributed by atoms with Gasteiger partial charge in [-0.05, 0) is 18.6 Å². The Balaban J connectivity index is 2.26.